The van der Waals surface area contributed by atoms with Crippen molar-refractivity contribution in [1.82, 2.24) is 15.1 Å². The SMILES string of the molecule is CCCNC(=O)CC(CN)N1CCC(N(C)C)CC1. The minimum absolute atomic E-state index is 0.132. The summed E-state index contributed by atoms with van der Waals surface area (Å²) in [7, 11) is 4.28. The molecule has 5 heteroatoms. The third-order valence-electron chi connectivity index (χ3n) is 4.01. The smallest absolute Gasteiger partial charge is 0.221 e. The molecule has 0 aliphatic carbocycles. The van der Waals surface area contributed by atoms with Crippen molar-refractivity contribution >= 4 is 5.91 Å². The minimum atomic E-state index is 0.132. The zero-order valence-electron chi connectivity index (χ0n) is 12.7. The number of nitrogens with two attached hydrogens (primary N) is 1. The van der Waals surface area contributed by atoms with Crippen LogP contribution in [0.15, 0.2) is 0 Å². The highest BCUT2D eigenvalue weighted by atomic mass is 16.1. The number of nitrogens with zero attached hydrogens (tertiary/aromatic N) is 2. The first-order valence-electron chi connectivity index (χ1n) is 7.45. The van der Waals surface area contributed by atoms with E-state index in [9.17, 15) is 4.79 Å². The molecular formula is C14H30N4O. The number of amides is 1. The Labute approximate surface area is 117 Å². The Morgan fingerprint density at radius 3 is 2.53 bits per heavy atom. The van der Waals surface area contributed by atoms with Gasteiger partial charge in [0.25, 0.3) is 0 Å². The van der Waals surface area contributed by atoms with E-state index < -0.39 is 0 Å². The first-order valence-corrected chi connectivity index (χ1v) is 7.45. The van der Waals surface area contributed by atoms with Crippen molar-refractivity contribution in [3.05, 3.63) is 0 Å². The van der Waals surface area contributed by atoms with Gasteiger partial charge in [0.1, 0.15) is 0 Å². The van der Waals surface area contributed by atoms with Gasteiger partial charge in [0.05, 0.1) is 0 Å². The van der Waals surface area contributed by atoms with E-state index >= 15 is 0 Å². The fraction of sp³-hybridized carbons (Fsp3) is 0.929. The molecular weight excluding hydrogens is 240 g/mol. The molecule has 0 spiro atoms. The second-order valence-electron chi connectivity index (χ2n) is 5.67. The van der Waals surface area contributed by atoms with Crippen molar-refractivity contribution in [1.29, 1.82) is 0 Å². The fourth-order valence-electron chi connectivity index (χ4n) is 2.68. The molecule has 1 heterocycles. The van der Waals surface area contributed by atoms with Crippen LogP contribution >= 0.6 is 0 Å². The molecule has 1 aliphatic heterocycles. The Hall–Kier alpha value is -0.650. The highest BCUT2D eigenvalue weighted by molar-refractivity contribution is 5.76. The van der Waals surface area contributed by atoms with Crippen molar-refractivity contribution in [3.8, 4) is 0 Å². The molecule has 19 heavy (non-hydrogen) atoms. The van der Waals surface area contributed by atoms with Gasteiger partial charge in [0, 0.05) is 31.6 Å². The van der Waals surface area contributed by atoms with E-state index in [1.807, 2.05) is 0 Å². The van der Waals surface area contributed by atoms with Gasteiger partial charge in [0.2, 0.25) is 5.91 Å². The average molecular weight is 270 g/mol. The minimum Gasteiger partial charge on any atom is -0.356 e. The molecule has 0 bridgehead atoms. The monoisotopic (exact) mass is 270 g/mol. The molecule has 5 nitrogen and oxygen atoms in total. The van der Waals surface area contributed by atoms with Gasteiger partial charge >= 0.3 is 0 Å². The lowest BCUT2D eigenvalue weighted by molar-refractivity contribution is -0.122. The lowest BCUT2D eigenvalue weighted by atomic mass is 10.0. The fourth-order valence-corrected chi connectivity index (χ4v) is 2.68. The van der Waals surface area contributed by atoms with E-state index in [-0.39, 0.29) is 11.9 Å². The van der Waals surface area contributed by atoms with Gasteiger partial charge in [-0.25, -0.2) is 0 Å². The molecule has 1 saturated heterocycles. The zero-order valence-corrected chi connectivity index (χ0v) is 12.7. The summed E-state index contributed by atoms with van der Waals surface area (Å²) in [5.74, 6) is 0.132. The summed E-state index contributed by atoms with van der Waals surface area (Å²) in [6, 6.07) is 0.864. The second-order valence-corrected chi connectivity index (χ2v) is 5.67. The lowest BCUT2D eigenvalue weighted by Crippen LogP contribution is -2.50. The number of nitrogens with one attached hydrogen (secondary N) is 1. The third-order valence-corrected chi connectivity index (χ3v) is 4.01. The Morgan fingerprint density at radius 1 is 1.42 bits per heavy atom. The molecule has 0 aromatic heterocycles. The van der Waals surface area contributed by atoms with Gasteiger partial charge in [-0.1, -0.05) is 6.92 Å². The first kappa shape index (κ1) is 16.4. The molecule has 0 aromatic rings. The number of piperidine rings is 1. The summed E-state index contributed by atoms with van der Waals surface area (Å²) < 4.78 is 0. The molecule has 1 atom stereocenters. The topological polar surface area (TPSA) is 61.6 Å². The van der Waals surface area contributed by atoms with Crippen LogP contribution < -0.4 is 11.1 Å². The van der Waals surface area contributed by atoms with Gasteiger partial charge < -0.3 is 16.0 Å². The molecule has 3 N–H and O–H groups in total. The van der Waals surface area contributed by atoms with Crippen LogP contribution in [0.3, 0.4) is 0 Å². The normalized spacial score (nSPS) is 19.6. The molecule has 0 radical (unpaired) electrons. The quantitative estimate of drug-likeness (QED) is 0.696. The van der Waals surface area contributed by atoms with Crippen LogP contribution in [0.1, 0.15) is 32.6 Å². The number of carbonyl (C=O) groups excluding carboxylic acids is 1. The predicted molar refractivity (Wildman–Crippen MR) is 79.0 cm³/mol. The Morgan fingerprint density at radius 2 is 2.05 bits per heavy atom. The highest BCUT2D eigenvalue weighted by Gasteiger charge is 2.26. The summed E-state index contributed by atoms with van der Waals surface area (Å²) in [6.07, 6.45) is 3.84. The largest absolute Gasteiger partial charge is 0.356 e. The van der Waals surface area contributed by atoms with Gasteiger partial charge in [-0.05, 0) is 46.4 Å². The molecule has 1 amide bonds. The summed E-state index contributed by atoms with van der Waals surface area (Å²) >= 11 is 0. The van der Waals surface area contributed by atoms with Crippen LogP contribution in [0.25, 0.3) is 0 Å². The maximum absolute atomic E-state index is 11.8. The molecule has 1 fully saturated rings. The van der Waals surface area contributed by atoms with Crippen LogP contribution in [-0.2, 0) is 4.79 Å². The van der Waals surface area contributed by atoms with Crippen LogP contribution in [0.4, 0.5) is 0 Å². The van der Waals surface area contributed by atoms with E-state index in [1.165, 1.54) is 12.8 Å². The second kappa shape index (κ2) is 8.51. The molecule has 1 unspecified atom stereocenters. The number of likely N-dealkylation sites (tertiary alicyclic amines) is 1. The summed E-state index contributed by atoms with van der Waals surface area (Å²) in [5.41, 5.74) is 5.84. The van der Waals surface area contributed by atoms with Crippen molar-refractivity contribution in [2.75, 3.05) is 40.3 Å². The highest BCUT2D eigenvalue weighted by Crippen LogP contribution is 2.17. The number of rotatable bonds is 7. The molecule has 1 aliphatic rings. The van der Waals surface area contributed by atoms with E-state index in [0.717, 1.165) is 26.1 Å². The molecule has 0 saturated carbocycles. The van der Waals surface area contributed by atoms with Crippen molar-refractivity contribution in [2.24, 2.45) is 5.73 Å². The number of carbonyl (C=O) groups is 1. The molecule has 1 rings (SSSR count). The average Bonchev–Trinajstić information content (AvgIpc) is 2.42. The molecule has 112 valence electrons. The summed E-state index contributed by atoms with van der Waals surface area (Å²) in [5, 5.41) is 2.93. The van der Waals surface area contributed by atoms with Gasteiger partial charge in [-0.15, -0.1) is 0 Å². The first-order chi connectivity index (χ1) is 9.08. The van der Waals surface area contributed by atoms with Crippen molar-refractivity contribution in [2.45, 2.75) is 44.7 Å². The van der Waals surface area contributed by atoms with Gasteiger partial charge in [-0.3, -0.25) is 9.69 Å². The summed E-state index contributed by atoms with van der Waals surface area (Å²) in [6.45, 7) is 5.48. The summed E-state index contributed by atoms with van der Waals surface area (Å²) in [4.78, 5) is 16.5. The Bertz CT molecular complexity index is 262. The molecule has 0 aromatic carbocycles. The predicted octanol–water partition coefficient (Wildman–Crippen LogP) is 0.256. The zero-order chi connectivity index (χ0) is 14.3. The maximum Gasteiger partial charge on any atom is 0.221 e. The number of hydrogen-bond acceptors (Lipinski definition) is 4. The number of hydrogen-bond donors (Lipinski definition) is 2. The van der Waals surface area contributed by atoms with Gasteiger partial charge in [0.15, 0.2) is 0 Å². The van der Waals surface area contributed by atoms with Crippen molar-refractivity contribution in [3.63, 3.8) is 0 Å². The lowest BCUT2D eigenvalue weighted by Gasteiger charge is -2.39. The van der Waals surface area contributed by atoms with Gasteiger partial charge in [-0.2, -0.15) is 0 Å². The van der Waals surface area contributed by atoms with E-state index in [1.54, 1.807) is 0 Å². The van der Waals surface area contributed by atoms with E-state index in [2.05, 4.69) is 36.1 Å². The Balaban J connectivity index is 2.37. The van der Waals surface area contributed by atoms with Crippen LogP contribution in [-0.4, -0.2) is 68.1 Å². The van der Waals surface area contributed by atoms with Crippen LogP contribution in [0.2, 0.25) is 0 Å². The van der Waals surface area contributed by atoms with Crippen LogP contribution in [0.5, 0.6) is 0 Å². The third kappa shape index (κ3) is 5.47. The van der Waals surface area contributed by atoms with E-state index in [4.69, 9.17) is 5.73 Å². The van der Waals surface area contributed by atoms with E-state index in [0.29, 0.717) is 19.0 Å². The standard InChI is InChI=1S/C14H30N4O/c1-4-7-16-14(19)10-13(11-15)18-8-5-12(6-9-18)17(2)3/h12-13H,4-11,15H2,1-3H3,(H,16,19). The maximum atomic E-state index is 11.8. The van der Waals surface area contributed by atoms with Crippen molar-refractivity contribution < 1.29 is 4.79 Å². The van der Waals surface area contributed by atoms with Crippen LogP contribution in [0, 0.1) is 0 Å². The Kier molecular flexibility index (Phi) is 7.34.